The maximum absolute atomic E-state index is 12.5. The van der Waals surface area contributed by atoms with E-state index in [1.54, 1.807) is 0 Å². The first-order chi connectivity index (χ1) is 12.7. The van der Waals surface area contributed by atoms with Gasteiger partial charge in [-0.25, -0.2) is 4.98 Å². The lowest BCUT2D eigenvalue weighted by Gasteiger charge is -2.33. The van der Waals surface area contributed by atoms with Crippen LogP contribution in [0.15, 0.2) is 34.7 Å². The number of aryl methyl sites for hydroxylation is 3. The van der Waals surface area contributed by atoms with Gasteiger partial charge in [0.1, 0.15) is 0 Å². The molecule has 0 unspecified atom stereocenters. The van der Waals surface area contributed by atoms with Crippen LogP contribution in [0.1, 0.15) is 53.9 Å². The molecule has 0 aliphatic carbocycles. The summed E-state index contributed by atoms with van der Waals surface area (Å²) in [4.78, 5) is 19.3. The highest BCUT2D eigenvalue weighted by Gasteiger charge is 2.24. The van der Waals surface area contributed by atoms with Crippen molar-refractivity contribution in [3.8, 4) is 0 Å². The second-order valence-electron chi connectivity index (χ2n) is 7.08. The minimum Gasteiger partial charge on any atom is -0.435 e. The number of carbonyl (C=O) groups is 1. The number of carbonyl (C=O) groups excluding carboxylic acids is 1. The Labute approximate surface area is 155 Å². The van der Waals surface area contributed by atoms with E-state index in [1.807, 2.05) is 13.8 Å². The van der Waals surface area contributed by atoms with Gasteiger partial charge in [0.15, 0.2) is 5.89 Å². The Morgan fingerprint density at radius 3 is 2.88 bits per heavy atom. The van der Waals surface area contributed by atoms with Crippen molar-refractivity contribution in [1.82, 2.24) is 15.2 Å². The molecule has 26 heavy (non-hydrogen) atoms. The van der Waals surface area contributed by atoms with Crippen LogP contribution in [-0.2, 0) is 12.8 Å². The molecule has 0 spiro atoms. The van der Waals surface area contributed by atoms with Gasteiger partial charge in [-0.2, -0.15) is 0 Å². The fraction of sp³-hybridized carbons (Fsp3) is 0.524. The first-order valence-corrected chi connectivity index (χ1v) is 9.69. The Bertz CT molecular complexity index is 711. The summed E-state index contributed by atoms with van der Waals surface area (Å²) in [6, 6.07) is 10.8. The molecular formula is C21H29N3O2. The summed E-state index contributed by atoms with van der Waals surface area (Å²) in [5.41, 5.74) is 2.07. The Morgan fingerprint density at radius 1 is 1.35 bits per heavy atom. The molecule has 1 aromatic heterocycles. The van der Waals surface area contributed by atoms with Crippen molar-refractivity contribution < 1.29 is 9.21 Å². The molecule has 1 N–H and O–H groups in total. The SMILES string of the molecule is CCc1nc(C)c(C(=O)N[C@H]2CCCN(CCCc3ccccc3)C2)o1. The summed E-state index contributed by atoms with van der Waals surface area (Å²) in [7, 11) is 0. The topological polar surface area (TPSA) is 58.4 Å². The van der Waals surface area contributed by atoms with E-state index in [9.17, 15) is 4.79 Å². The zero-order chi connectivity index (χ0) is 18.4. The minimum absolute atomic E-state index is 0.133. The fourth-order valence-corrected chi connectivity index (χ4v) is 3.59. The standard InChI is InChI=1S/C21H29N3O2/c1-3-19-22-16(2)20(26-19)21(25)23-18-12-8-14-24(15-18)13-7-11-17-9-5-4-6-10-17/h4-6,9-10,18H,3,7-8,11-15H2,1-2H3,(H,23,25)/t18-/m0/s1. The number of likely N-dealkylation sites (tertiary alicyclic amines) is 1. The molecule has 1 aromatic carbocycles. The molecule has 5 nitrogen and oxygen atoms in total. The molecule has 0 radical (unpaired) electrons. The van der Waals surface area contributed by atoms with Crippen LogP contribution in [0.4, 0.5) is 0 Å². The van der Waals surface area contributed by atoms with Crippen LogP contribution in [-0.4, -0.2) is 41.5 Å². The molecule has 140 valence electrons. The van der Waals surface area contributed by atoms with Gasteiger partial charge in [-0.05, 0) is 51.3 Å². The lowest BCUT2D eigenvalue weighted by atomic mass is 10.0. The quantitative estimate of drug-likeness (QED) is 0.827. The molecule has 0 saturated carbocycles. The van der Waals surface area contributed by atoms with E-state index in [2.05, 4.69) is 45.5 Å². The summed E-state index contributed by atoms with van der Waals surface area (Å²) in [6.45, 7) is 6.90. The van der Waals surface area contributed by atoms with Crippen LogP contribution in [0, 0.1) is 6.92 Å². The van der Waals surface area contributed by atoms with E-state index in [1.165, 1.54) is 5.56 Å². The van der Waals surface area contributed by atoms with Gasteiger partial charge in [-0.1, -0.05) is 37.3 Å². The summed E-state index contributed by atoms with van der Waals surface area (Å²) < 4.78 is 5.57. The van der Waals surface area contributed by atoms with Crippen LogP contribution in [0.25, 0.3) is 0 Å². The number of amides is 1. The van der Waals surface area contributed by atoms with E-state index in [0.29, 0.717) is 23.8 Å². The van der Waals surface area contributed by atoms with Crippen LogP contribution >= 0.6 is 0 Å². The Hall–Kier alpha value is -2.14. The highest BCUT2D eigenvalue weighted by molar-refractivity contribution is 5.92. The van der Waals surface area contributed by atoms with Crippen LogP contribution in [0.3, 0.4) is 0 Å². The predicted molar refractivity (Wildman–Crippen MR) is 102 cm³/mol. The van der Waals surface area contributed by atoms with Gasteiger partial charge < -0.3 is 14.6 Å². The van der Waals surface area contributed by atoms with Gasteiger partial charge in [-0.3, -0.25) is 4.79 Å². The zero-order valence-electron chi connectivity index (χ0n) is 15.8. The van der Waals surface area contributed by atoms with Crippen molar-refractivity contribution in [3.63, 3.8) is 0 Å². The third-order valence-electron chi connectivity index (χ3n) is 4.97. The maximum atomic E-state index is 12.5. The number of rotatable bonds is 7. The Balaban J connectivity index is 1.47. The van der Waals surface area contributed by atoms with Crippen LogP contribution in [0.5, 0.6) is 0 Å². The lowest BCUT2D eigenvalue weighted by molar-refractivity contribution is 0.0873. The van der Waals surface area contributed by atoms with Gasteiger partial charge in [0, 0.05) is 19.0 Å². The number of oxazole rings is 1. The average molecular weight is 355 g/mol. The van der Waals surface area contributed by atoms with Crippen molar-refractivity contribution in [1.29, 1.82) is 0 Å². The molecule has 1 aliphatic rings. The van der Waals surface area contributed by atoms with Crippen molar-refractivity contribution in [2.24, 2.45) is 0 Å². The molecule has 1 fully saturated rings. The van der Waals surface area contributed by atoms with Crippen molar-refractivity contribution in [3.05, 3.63) is 53.2 Å². The second-order valence-corrected chi connectivity index (χ2v) is 7.08. The Morgan fingerprint density at radius 2 is 2.15 bits per heavy atom. The van der Waals surface area contributed by atoms with E-state index in [4.69, 9.17) is 4.42 Å². The Kier molecular flexibility index (Phi) is 6.45. The molecule has 2 heterocycles. The largest absolute Gasteiger partial charge is 0.435 e. The molecule has 5 heteroatoms. The molecular weight excluding hydrogens is 326 g/mol. The molecule has 1 amide bonds. The highest BCUT2D eigenvalue weighted by Crippen LogP contribution is 2.15. The maximum Gasteiger partial charge on any atom is 0.289 e. The summed E-state index contributed by atoms with van der Waals surface area (Å²) in [5.74, 6) is 0.854. The molecule has 1 saturated heterocycles. The number of aromatic nitrogens is 1. The van der Waals surface area contributed by atoms with Crippen LogP contribution < -0.4 is 5.32 Å². The van der Waals surface area contributed by atoms with Gasteiger partial charge in [-0.15, -0.1) is 0 Å². The molecule has 3 rings (SSSR count). The number of nitrogens with one attached hydrogen (secondary N) is 1. The van der Waals surface area contributed by atoms with Gasteiger partial charge in [0.05, 0.1) is 5.69 Å². The number of hydrogen-bond acceptors (Lipinski definition) is 4. The van der Waals surface area contributed by atoms with Crippen LogP contribution in [0.2, 0.25) is 0 Å². The van der Waals surface area contributed by atoms with Gasteiger partial charge in [0.2, 0.25) is 5.76 Å². The third-order valence-corrected chi connectivity index (χ3v) is 4.97. The minimum atomic E-state index is -0.133. The smallest absolute Gasteiger partial charge is 0.289 e. The fourth-order valence-electron chi connectivity index (χ4n) is 3.59. The first-order valence-electron chi connectivity index (χ1n) is 9.69. The van der Waals surface area contributed by atoms with Crippen molar-refractivity contribution in [2.45, 2.75) is 52.0 Å². The van der Waals surface area contributed by atoms with Gasteiger partial charge in [0.25, 0.3) is 5.91 Å². The van der Waals surface area contributed by atoms with E-state index >= 15 is 0 Å². The lowest BCUT2D eigenvalue weighted by Crippen LogP contribution is -2.48. The monoisotopic (exact) mass is 355 g/mol. The summed E-state index contributed by atoms with van der Waals surface area (Å²) >= 11 is 0. The molecule has 1 atom stereocenters. The van der Waals surface area contributed by atoms with Crippen molar-refractivity contribution >= 4 is 5.91 Å². The second kappa shape index (κ2) is 8.99. The van der Waals surface area contributed by atoms with Gasteiger partial charge >= 0.3 is 0 Å². The zero-order valence-corrected chi connectivity index (χ0v) is 15.8. The average Bonchev–Trinajstić information content (AvgIpc) is 3.04. The molecule has 1 aliphatic heterocycles. The van der Waals surface area contributed by atoms with Crippen molar-refractivity contribution in [2.75, 3.05) is 19.6 Å². The molecule has 2 aromatic rings. The number of benzene rings is 1. The summed E-state index contributed by atoms with van der Waals surface area (Å²) in [5, 5.41) is 3.14. The normalized spacial score (nSPS) is 18.0. The first kappa shape index (κ1) is 18.6. The van der Waals surface area contributed by atoms with E-state index in [0.717, 1.165) is 45.3 Å². The van der Waals surface area contributed by atoms with E-state index in [-0.39, 0.29) is 11.9 Å². The number of hydrogen-bond donors (Lipinski definition) is 1. The number of piperidine rings is 1. The molecule has 0 bridgehead atoms. The highest BCUT2D eigenvalue weighted by atomic mass is 16.4. The summed E-state index contributed by atoms with van der Waals surface area (Å²) in [6.07, 6.45) is 5.09. The van der Waals surface area contributed by atoms with E-state index < -0.39 is 0 Å². The predicted octanol–water partition coefficient (Wildman–Crippen LogP) is 3.37. The number of nitrogens with zero attached hydrogens (tertiary/aromatic N) is 2. The third kappa shape index (κ3) is 4.94.